The van der Waals surface area contributed by atoms with Crippen LogP contribution < -0.4 is 5.32 Å². The van der Waals surface area contributed by atoms with Crippen LogP contribution in [0.1, 0.15) is 30.5 Å². The van der Waals surface area contributed by atoms with Crippen LogP contribution in [0.25, 0.3) is 11.3 Å². The molecule has 1 aromatic heterocycles. The van der Waals surface area contributed by atoms with Gasteiger partial charge in [0.25, 0.3) is 0 Å². The van der Waals surface area contributed by atoms with Crippen molar-refractivity contribution < 1.29 is 0 Å². The molecular weight excluding hydrogens is 312 g/mol. The highest BCUT2D eigenvalue weighted by Crippen LogP contribution is 2.28. The van der Waals surface area contributed by atoms with E-state index in [0.29, 0.717) is 5.92 Å². The number of hydrogen-bond donors (Lipinski definition) is 1. The summed E-state index contributed by atoms with van der Waals surface area (Å²) in [4.78, 5) is 4.73. The van der Waals surface area contributed by atoms with E-state index in [1.807, 2.05) is 0 Å². The number of anilines is 2. The van der Waals surface area contributed by atoms with Gasteiger partial charge in [-0.25, -0.2) is 4.98 Å². The van der Waals surface area contributed by atoms with Gasteiger partial charge in [-0.1, -0.05) is 44.2 Å². The standard InChI is InChI=1S/C21H24N2S/c1-14(2)11-17-6-8-18(9-7-17)20-13-24-21(23-20)22-19-10-5-15(3)16(4)12-19/h5-10,12-14H,11H2,1-4H3,(H,22,23). The second-order valence-corrected chi connectivity index (χ2v) is 7.61. The molecule has 0 saturated carbocycles. The highest BCUT2D eigenvalue weighted by Gasteiger charge is 2.06. The van der Waals surface area contributed by atoms with Gasteiger partial charge in [0.1, 0.15) is 0 Å². The first-order valence-corrected chi connectivity index (χ1v) is 9.28. The molecule has 124 valence electrons. The molecule has 0 aliphatic carbocycles. The first kappa shape index (κ1) is 16.7. The van der Waals surface area contributed by atoms with E-state index in [9.17, 15) is 0 Å². The molecule has 2 nitrogen and oxygen atoms in total. The Bertz CT molecular complexity index is 816. The van der Waals surface area contributed by atoms with Crippen LogP contribution in [0.15, 0.2) is 47.8 Å². The monoisotopic (exact) mass is 336 g/mol. The van der Waals surface area contributed by atoms with Crippen LogP contribution in [0.4, 0.5) is 10.8 Å². The van der Waals surface area contributed by atoms with Crippen LogP contribution in [0.5, 0.6) is 0 Å². The molecule has 0 saturated heterocycles. The molecule has 3 rings (SSSR count). The number of nitrogens with one attached hydrogen (secondary N) is 1. The Morgan fingerprint density at radius 3 is 2.42 bits per heavy atom. The van der Waals surface area contributed by atoms with Gasteiger partial charge in [-0.2, -0.15) is 0 Å². The Morgan fingerprint density at radius 1 is 1.00 bits per heavy atom. The molecule has 1 N–H and O–H groups in total. The summed E-state index contributed by atoms with van der Waals surface area (Å²) in [5.41, 5.74) is 7.28. The number of rotatable bonds is 5. The van der Waals surface area contributed by atoms with Crippen molar-refractivity contribution in [1.82, 2.24) is 4.98 Å². The third-order valence-corrected chi connectivity index (χ3v) is 4.91. The lowest BCUT2D eigenvalue weighted by Crippen LogP contribution is -1.93. The first-order valence-electron chi connectivity index (χ1n) is 8.40. The van der Waals surface area contributed by atoms with E-state index in [1.165, 1.54) is 22.3 Å². The van der Waals surface area contributed by atoms with Gasteiger partial charge in [0, 0.05) is 16.6 Å². The van der Waals surface area contributed by atoms with E-state index in [4.69, 9.17) is 4.98 Å². The summed E-state index contributed by atoms with van der Waals surface area (Å²) in [6.07, 6.45) is 1.12. The zero-order chi connectivity index (χ0) is 17.1. The SMILES string of the molecule is Cc1ccc(Nc2nc(-c3ccc(CC(C)C)cc3)cs2)cc1C. The Hall–Kier alpha value is -2.13. The molecule has 3 aromatic rings. The van der Waals surface area contributed by atoms with E-state index in [-0.39, 0.29) is 0 Å². The number of thiazole rings is 1. The first-order chi connectivity index (χ1) is 11.5. The van der Waals surface area contributed by atoms with Crippen molar-refractivity contribution in [3.63, 3.8) is 0 Å². The molecule has 2 aromatic carbocycles. The van der Waals surface area contributed by atoms with Gasteiger partial charge in [0.15, 0.2) is 5.13 Å². The third-order valence-electron chi connectivity index (χ3n) is 4.16. The van der Waals surface area contributed by atoms with Gasteiger partial charge in [0.05, 0.1) is 5.69 Å². The maximum Gasteiger partial charge on any atom is 0.187 e. The maximum absolute atomic E-state index is 4.73. The molecule has 3 heteroatoms. The lowest BCUT2D eigenvalue weighted by atomic mass is 10.0. The quantitative estimate of drug-likeness (QED) is 0.585. The lowest BCUT2D eigenvalue weighted by Gasteiger charge is -2.06. The summed E-state index contributed by atoms with van der Waals surface area (Å²) in [5.74, 6) is 0.684. The number of aryl methyl sites for hydroxylation is 2. The predicted molar refractivity (Wildman–Crippen MR) is 105 cm³/mol. The minimum Gasteiger partial charge on any atom is -0.332 e. The Labute approximate surface area is 148 Å². The van der Waals surface area contributed by atoms with Gasteiger partial charge in [-0.05, 0) is 55.0 Å². The lowest BCUT2D eigenvalue weighted by molar-refractivity contribution is 0.647. The number of hydrogen-bond acceptors (Lipinski definition) is 3. The number of aromatic nitrogens is 1. The molecule has 0 fully saturated rings. The second-order valence-electron chi connectivity index (χ2n) is 6.76. The van der Waals surface area contributed by atoms with Crippen LogP contribution >= 0.6 is 11.3 Å². The van der Waals surface area contributed by atoms with Crippen molar-refractivity contribution in [3.8, 4) is 11.3 Å². The van der Waals surface area contributed by atoms with Crippen molar-refractivity contribution in [3.05, 3.63) is 64.5 Å². The molecule has 0 amide bonds. The van der Waals surface area contributed by atoms with Gasteiger partial charge in [-0.15, -0.1) is 11.3 Å². The summed E-state index contributed by atoms with van der Waals surface area (Å²) in [5, 5.41) is 6.45. The van der Waals surface area contributed by atoms with Crippen LogP contribution in [0.2, 0.25) is 0 Å². The molecule has 0 spiro atoms. The summed E-state index contributed by atoms with van der Waals surface area (Å²) >= 11 is 1.64. The van der Waals surface area contributed by atoms with E-state index in [1.54, 1.807) is 11.3 Å². The van der Waals surface area contributed by atoms with Crippen molar-refractivity contribution in [2.75, 3.05) is 5.32 Å². The zero-order valence-corrected chi connectivity index (χ0v) is 15.6. The Balaban J connectivity index is 1.74. The minimum absolute atomic E-state index is 0.684. The van der Waals surface area contributed by atoms with Crippen molar-refractivity contribution >= 4 is 22.2 Å². The van der Waals surface area contributed by atoms with Gasteiger partial charge < -0.3 is 5.32 Å². The van der Waals surface area contributed by atoms with Crippen LogP contribution in [-0.2, 0) is 6.42 Å². The average molecular weight is 337 g/mol. The van der Waals surface area contributed by atoms with E-state index in [0.717, 1.165) is 22.9 Å². The molecule has 0 bridgehead atoms. The molecular formula is C21H24N2S. The minimum atomic E-state index is 0.684. The van der Waals surface area contributed by atoms with E-state index in [2.05, 4.69) is 80.9 Å². The average Bonchev–Trinajstić information content (AvgIpc) is 3.00. The molecule has 0 radical (unpaired) electrons. The van der Waals surface area contributed by atoms with E-state index >= 15 is 0 Å². The molecule has 1 heterocycles. The summed E-state index contributed by atoms with van der Waals surface area (Å²) in [6.45, 7) is 8.76. The highest BCUT2D eigenvalue weighted by atomic mass is 32.1. The molecule has 0 aliphatic heterocycles. The van der Waals surface area contributed by atoms with Crippen LogP contribution in [-0.4, -0.2) is 4.98 Å². The zero-order valence-electron chi connectivity index (χ0n) is 14.8. The molecule has 0 aliphatic rings. The second kappa shape index (κ2) is 7.18. The smallest absolute Gasteiger partial charge is 0.187 e. The molecule has 0 atom stereocenters. The third kappa shape index (κ3) is 4.04. The van der Waals surface area contributed by atoms with Gasteiger partial charge in [0.2, 0.25) is 0 Å². The number of nitrogens with zero attached hydrogens (tertiary/aromatic N) is 1. The fourth-order valence-corrected chi connectivity index (χ4v) is 3.43. The van der Waals surface area contributed by atoms with Crippen molar-refractivity contribution in [1.29, 1.82) is 0 Å². The van der Waals surface area contributed by atoms with Gasteiger partial charge >= 0.3 is 0 Å². The number of benzene rings is 2. The maximum atomic E-state index is 4.73. The van der Waals surface area contributed by atoms with Crippen molar-refractivity contribution in [2.24, 2.45) is 5.92 Å². The summed E-state index contributed by atoms with van der Waals surface area (Å²) in [6, 6.07) is 15.2. The van der Waals surface area contributed by atoms with Crippen molar-refractivity contribution in [2.45, 2.75) is 34.1 Å². The Morgan fingerprint density at radius 2 is 1.75 bits per heavy atom. The topological polar surface area (TPSA) is 24.9 Å². The summed E-state index contributed by atoms with van der Waals surface area (Å²) < 4.78 is 0. The Kier molecular flexibility index (Phi) is 5.00. The predicted octanol–water partition coefficient (Wildman–Crippen LogP) is 6.37. The fourth-order valence-electron chi connectivity index (χ4n) is 2.69. The summed E-state index contributed by atoms with van der Waals surface area (Å²) in [7, 11) is 0. The van der Waals surface area contributed by atoms with Crippen LogP contribution in [0, 0.1) is 19.8 Å². The largest absolute Gasteiger partial charge is 0.332 e. The normalized spacial score (nSPS) is 11.0. The molecule has 24 heavy (non-hydrogen) atoms. The highest BCUT2D eigenvalue weighted by molar-refractivity contribution is 7.14. The van der Waals surface area contributed by atoms with Crippen LogP contribution in [0.3, 0.4) is 0 Å². The van der Waals surface area contributed by atoms with Gasteiger partial charge in [-0.3, -0.25) is 0 Å². The van der Waals surface area contributed by atoms with E-state index < -0.39 is 0 Å². The molecule has 0 unspecified atom stereocenters. The fraction of sp³-hybridized carbons (Fsp3) is 0.286.